The maximum absolute atomic E-state index is 12.1. The highest BCUT2D eigenvalue weighted by Gasteiger charge is 2.35. The van der Waals surface area contributed by atoms with Crippen molar-refractivity contribution >= 4 is 11.6 Å². The van der Waals surface area contributed by atoms with E-state index in [1.165, 1.54) is 19.3 Å². The first-order valence-corrected chi connectivity index (χ1v) is 6.71. The van der Waals surface area contributed by atoms with Gasteiger partial charge in [-0.2, -0.15) is 0 Å². The van der Waals surface area contributed by atoms with E-state index in [0.29, 0.717) is 16.7 Å². The van der Waals surface area contributed by atoms with E-state index in [1.807, 2.05) is 19.1 Å². The minimum Gasteiger partial charge on any atom is -0.398 e. The predicted molar refractivity (Wildman–Crippen MR) is 74.5 cm³/mol. The van der Waals surface area contributed by atoms with E-state index in [2.05, 4.69) is 12.2 Å². The highest BCUT2D eigenvalue weighted by molar-refractivity contribution is 5.99. The van der Waals surface area contributed by atoms with Gasteiger partial charge in [0.1, 0.15) is 0 Å². The molecule has 18 heavy (non-hydrogen) atoms. The van der Waals surface area contributed by atoms with Gasteiger partial charge >= 0.3 is 0 Å². The zero-order valence-corrected chi connectivity index (χ0v) is 11.3. The first-order chi connectivity index (χ1) is 8.56. The number of hydrogen-bond acceptors (Lipinski definition) is 2. The average Bonchev–Trinajstić information content (AvgIpc) is 2.27. The Hall–Kier alpha value is -1.51. The molecule has 1 saturated carbocycles. The first kappa shape index (κ1) is 12.9. The lowest BCUT2D eigenvalue weighted by atomic mass is 9.67. The Balaban J connectivity index is 1.99. The molecule has 1 aliphatic rings. The van der Waals surface area contributed by atoms with Gasteiger partial charge in [-0.15, -0.1) is 0 Å². The second kappa shape index (κ2) is 5.01. The molecule has 0 bridgehead atoms. The number of amides is 1. The zero-order chi connectivity index (χ0) is 13.2. The van der Waals surface area contributed by atoms with Gasteiger partial charge in [-0.1, -0.05) is 19.4 Å². The molecule has 0 saturated heterocycles. The molecular formula is C15H22N2O. The molecule has 98 valence electrons. The number of nitrogen functional groups attached to an aromatic ring is 1. The quantitative estimate of drug-likeness (QED) is 0.803. The summed E-state index contributed by atoms with van der Waals surface area (Å²) in [6, 6.07) is 5.57. The van der Waals surface area contributed by atoms with Crippen LogP contribution in [0, 0.1) is 12.3 Å². The van der Waals surface area contributed by atoms with Crippen molar-refractivity contribution in [2.45, 2.75) is 39.5 Å². The Morgan fingerprint density at radius 2 is 2.17 bits per heavy atom. The van der Waals surface area contributed by atoms with E-state index in [4.69, 9.17) is 5.73 Å². The molecule has 0 aromatic heterocycles. The number of hydrogen-bond donors (Lipinski definition) is 2. The van der Waals surface area contributed by atoms with Gasteiger partial charge < -0.3 is 11.1 Å². The largest absolute Gasteiger partial charge is 0.398 e. The van der Waals surface area contributed by atoms with Crippen LogP contribution >= 0.6 is 0 Å². The summed E-state index contributed by atoms with van der Waals surface area (Å²) in [5.74, 6) is -0.0489. The maximum atomic E-state index is 12.1. The predicted octanol–water partition coefficient (Wildman–Crippen LogP) is 2.89. The number of rotatable bonds is 4. The van der Waals surface area contributed by atoms with Gasteiger partial charge in [0.2, 0.25) is 0 Å². The van der Waals surface area contributed by atoms with Gasteiger partial charge in [-0.05, 0) is 49.3 Å². The van der Waals surface area contributed by atoms with E-state index in [1.54, 1.807) is 6.07 Å². The average molecular weight is 246 g/mol. The van der Waals surface area contributed by atoms with Crippen LogP contribution in [0.25, 0.3) is 0 Å². The molecule has 0 radical (unpaired) electrons. The highest BCUT2D eigenvalue weighted by Crippen LogP contribution is 2.43. The number of carbonyl (C=O) groups excluding carboxylic acids is 1. The van der Waals surface area contributed by atoms with E-state index < -0.39 is 0 Å². The van der Waals surface area contributed by atoms with Crippen LogP contribution in [0.4, 0.5) is 5.69 Å². The lowest BCUT2D eigenvalue weighted by Gasteiger charge is -2.41. The van der Waals surface area contributed by atoms with Crippen molar-refractivity contribution in [2.24, 2.45) is 5.41 Å². The minimum atomic E-state index is -0.0489. The van der Waals surface area contributed by atoms with Crippen molar-refractivity contribution in [3.05, 3.63) is 29.3 Å². The molecule has 0 atom stereocenters. The Kier molecular flexibility index (Phi) is 3.60. The van der Waals surface area contributed by atoms with Gasteiger partial charge in [-0.3, -0.25) is 4.79 Å². The number of anilines is 1. The molecule has 1 amide bonds. The van der Waals surface area contributed by atoms with Crippen LogP contribution in [-0.4, -0.2) is 12.5 Å². The van der Waals surface area contributed by atoms with Crippen molar-refractivity contribution in [3.63, 3.8) is 0 Å². The topological polar surface area (TPSA) is 55.1 Å². The fourth-order valence-corrected chi connectivity index (χ4v) is 2.58. The summed E-state index contributed by atoms with van der Waals surface area (Å²) in [7, 11) is 0. The first-order valence-electron chi connectivity index (χ1n) is 6.71. The smallest absolute Gasteiger partial charge is 0.253 e. The Morgan fingerprint density at radius 3 is 2.67 bits per heavy atom. The summed E-state index contributed by atoms with van der Waals surface area (Å²) in [5.41, 5.74) is 8.45. The third kappa shape index (κ3) is 2.50. The van der Waals surface area contributed by atoms with Crippen LogP contribution in [0.5, 0.6) is 0 Å². The lowest BCUT2D eigenvalue weighted by molar-refractivity contribution is 0.0851. The molecule has 3 heteroatoms. The summed E-state index contributed by atoms with van der Waals surface area (Å²) in [6.45, 7) is 4.94. The number of carbonyl (C=O) groups is 1. The van der Waals surface area contributed by atoms with Crippen LogP contribution in [0.15, 0.2) is 18.2 Å². The van der Waals surface area contributed by atoms with Crippen molar-refractivity contribution in [2.75, 3.05) is 12.3 Å². The van der Waals surface area contributed by atoms with Crippen LogP contribution in [-0.2, 0) is 0 Å². The Bertz CT molecular complexity index is 444. The van der Waals surface area contributed by atoms with Crippen LogP contribution < -0.4 is 11.1 Å². The SMILES string of the molecule is CCC1(CNC(=O)c2ccc(C)cc2N)CCC1. The molecule has 1 aromatic rings. The fourth-order valence-electron chi connectivity index (χ4n) is 2.58. The number of nitrogens with two attached hydrogens (primary N) is 1. The van der Waals surface area contributed by atoms with Crippen molar-refractivity contribution < 1.29 is 4.79 Å². The monoisotopic (exact) mass is 246 g/mol. The number of aryl methyl sites for hydroxylation is 1. The lowest BCUT2D eigenvalue weighted by Crippen LogP contribution is -2.41. The summed E-state index contributed by atoms with van der Waals surface area (Å²) < 4.78 is 0. The fraction of sp³-hybridized carbons (Fsp3) is 0.533. The molecule has 0 heterocycles. The second-order valence-electron chi connectivity index (χ2n) is 5.48. The standard InChI is InChI=1S/C15H22N2O/c1-3-15(7-4-8-15)10-17-14(18)12-6-5-11(2)9-13(12)16/h5-6,9H,3-4,7-8,10,16H2,1-2H3,(H,17,18). The van der Waals surface area contributed by atoms with Crippen LogP contribution in [0.3, 0.4) is 0 Å². The molecule has 3 N–H and O–H groups in total. The van der Waals surface area contributed by atoms with Gasteiger partial charge in [0.15, 0.2) is 0 Å². The van der Waals surface area contributed by atoms with Crippen LogP contribution in [0.1, 0.15) is 48.5 Å². The molecule has 1 aliphatic carbocycles. The summed E-state index contributed by atoms with van der Waals surface area (Å²) in [5, 5.41) is 3.03. The Labute approximate surface area is 109 Å². The summed E-state index contributed by atoms with van der Waals surface area (Å²) in [4.78, 5) is 12.1. The van der Waals surface area contributed by atoms with Gasteiger partial charge in [0.25, 0.3) is 5.91 Å². The molecular weight excluding hydrogens is 224 g/mol. The van der Waals surface area contributed by atoms with Gasteiger partial charge in [0, 0.05) is 12.2 Å². The second-order valence-corrected chi connectivity index (χ2v) is 5.48. The molecule has 0 aliphatic heterocycles. The summed E-state index contributed by atoms with van der Waals surface area (Å²) in [6.07, 6.45) is 4.88. The molecule has 0 spiro atoms. The maximum Gasteiger partial charge on any atom is 0.253 e. The number of nitrogens with one attached hydrogen (secondary N) is 1. The third-order valence-electron chi connectivity index (χ3n) is 4.24. The van der Waals surface area contributed by atoms with Crippen molar-refractivity contribution in [1.29, 1.82) is 0 Å². The van der Waals surface area contributed by atoms with Gasteiger partial charge in [-0.25, -0.2) is 0 Å². The molecule has 3 nitrogen and oxygen atoms in total. The molecule has 0 unspecified atom stereocenters. The van der Waals surface area contributed by atoms with Crippen molar-refractivity contribution in [1.82, 2.24) is 5.32 Å². The highest BCUT2D eigenvalue weighted by atomic mass is 16.1. The van der Waals surface area contributed by atoms with Crippen LogP contribution in [0.2, 0.25) is 0 Å². The van der Waals surface area contributed by atoms with E-state index >= 15 is 0 Å². The van der Waals surface area contributed by atoms with Gasteiger partial charge in [0.05, 0.1) is 5.56 Å². The normalized spacial score (nSPS) is 17.0. The van der Waals surface area contributed by atoms with E-state index in [0.717, 1.165) is 18.5 Å². The van der Waals surface area contributed by atoms with E-state index in [-0.39, 0.29) is 5.91 Å². The molecule has 1 aromatic carbocycles. The summed E-state index contributed by atoms with van der Waals surface area (Å²) >= 11 is 0. The molecule has 1 fully saturated rings. The Morgan fingerprint density at radius 1 is 1.44 bits per heavy atom. The minimum absolute atomic E-state index is 0.0489. The van der Waals surface area contributed by atoms with E-state index in [9.17, 15) is 4.79 Å². The van der Waals surface area contributed by atoms with Crippen molar-refractivity contribution in [3.8, 4) is 0 Å². The molecule has 2 rings (SSSR count). The number of benzene rings is 1. The zero-order valence-electron chi connectivity index (χ0n) is 11.3. The third-order valence-corrected chi connectivity index (χ3v) is 4.24.